The first-order valence-corrected chi connectivity index (χ1v) is 9.10. The summed E-state index contributed by atoms with van der Waals surface area (Å²) in [6, 6.07) is 6.18. The summed E-state index contributed by atoms with van der Waals surface area (Å²) in [5.41, 5.74) is 2.35. The van der Waals surface area contributed by atoms with E-state index in [1.54, 1.807) is 52.1 Å². The van der Waals surface area contributed by atoms with Crippen LogP contribution in [0.4, 0.5) is 10.5 Å². The number of anilines is 1. The van der Waals surface area contributed by atoms with E-state index in [0.29, 0.717) is 23.4 Å². The van der Waals surface area contributed by atoms with Crippen molar-refractivity contribution in [1.82, 2.24) is 10.2 Å². The first-order valence-electron chi connectivity index (χ1n) is 9.10. The van der Waals surface area contributed by atoms with Crippen molar-refractivity contribution < 1.29 is 19.1 Å². The highest BCUT2D eigenvalue weighted by Gasteiger charge is 2.35. The maximum Gasteiger partial charge on any atom is 0.338 e. The van der Waals surface area contributed by atoms with E-state index in [2.05, 4.69) is 10.6 Å². The molecular weight excluding hydrogens is 346 g/mol. The molecule has 0 saturated heterocycles. The van der Waals surface area contributed by atoms with Gasteiger partial charge in [-0.25, -0.2) is 9.59 Å². The van der Waals surface area contributed by atoms with E-state index < -0.39 is 12.0 Å². The zero-order valence-corrected chi connectivity index (χ0v) is 16.5. The highest BCUT2D eigenvalue weighted by molar-refractivity contribution is 5.95. The van der Waals surface area contributed by atoms with Gasteiger partial charge < -0.3 is 20.3 Å². The average molecular weight is 373 g/mol. The van der Waals surface area contributed by atoms with Crippen LogP contribution in [0, 0.1) is 0 Å². The molecule has 3 amide bonds. The molecule has 1 heterocycles. The maximum atomic E-state index is 12.6. The molecule has 7 heteroatoms. The summed E-state index contributed by atoms with van der Waals surface area (Å²) in [5, 5.41) is 5.66. The number of benzene rings is 1. The minimum atomic E-state index is -0.611. The van der Waals surface area contributed by atoms with Crippen molar-refractivity contribution in [1.29, 1.82) is 0 Å². The lowest BCUT2D eigenvalue weighted by molar-refractivity contribution is -0.143. The number of hydrogen-bond donors (Lipinski definition) is 2. The van der Waals surface area contributed by atoms with E-state index in [1.165, 1.54) is 4.90 Å². The zero-order valence-electron chi connectivity index (χ0n) is 16.5. The summed E-state index contributed by atoms with van der Waals surface area (Å²) in [6.45, 7) is 7.23. The fraction of sp³-hybridized carbons (Fsp3) is 0.450. The number of ether oxygens (including phenoxy) is 1. The first kappa shape index (κ1) is 20.5. The van der Waals surface area contributed by atoms with E-state index in [9.17, 15) is 14.4 Å². The largest absolute Gasteiger partial charge is 0.459 e. The number of hydrogen-bond acceptors (Lipinski definition) is 4. The monoisotopic (exact) mass is 373 g/mol. The number of allylic oxidation sites excluding steroid dienone is 1. The second-order valence-corrected chi connectivity index (χ2v) is 6.81. The third-order valence-corrected chi connectivity index (χ3v) is 4.32. The number of carbonyl (C=O) groups is 3. The maximum absolute atomic E-state index is 12.6. The van der Waals surface area contributed by atoms with Crippen LogP contribution in [0.1, 0.15) is 52.1 Å². The fourth-order valence-electron chi connectivity index (χ4n) is 2.84. The molecule has 0 aliphatic carbocycles. The molecule has 1 aromatic carbocycles. The van der Waals surface area contributed by atoms with Crippen LogP contribution in [0.2, 0.25) is 0 Å². The van der Waals surface area contributed by atoms with Crippen LogP contribution in [-0.4, -0.2) is 36.0 Å². The van der Waals surface area contributed by atoms with E-state index in [-0.39, 0.29) is 18.0 Å². The Hall–Kier alpha value is -2.83. The highest BCUT2D eigenvalue weighted by Crippen LogP contribution is 2.31. The van der Waals surface area contributed by atoms with Gasteiger partial charge in [0.25, 0.3) is 0 Å². The molecule has 2 rings (SSSR count). The van der Waals surface area contributed by atoms with Crippen molar-refractivity contribution in [3.8, 4) is 0 Å². The first-order chi connectivity index (χ1) is 12.7. The SMILES string of the molecule is CCCC(=O)Nc1ccc([C@@H]2NC(=O)N(C)C(C)=C2C(=O)OC(C)C)cc1. The molecule has 1 aliphatic heterocycles. The molecule has 2 N–H and O–H groups in total. The Morgan fingerprint density at radius 2 is 1.89 bits per heavy atom. The lowest BCUT2D eigenvalue weighted by Crippen LogP contribution is -2.46. The van der Waals surface area contributed by atoms with Crippen LogP contribution in [0.25, 0.3) is 0 Å². The summed E-state index contributed by atoms with van der Waals surface area (Å²) < 4.78 is 5.37. The second-order valence-electron chi connectivity index (χ2n) is 6.81. The highest BCUT2D eigenvalue weighted by atomic mass is 16.5. The molecule has 7 nitrogen and oxygen atoms in total. The molecule has 0 bridgehead atoms. The van der Waals surface area contributed by atoms with Gasteiger partial charge in [0, 0.05) is 24.9 Å². The van der Waals surface area contributed by atoms with Crippen LogP contribution in [-0.2, 0) is 14.3 Å². The van der Waals surface area contributed by atoms with Crippen molar-refractivity contribution in [3.05, 3.63) is 41.1 Å². The van der Waals surface area contributed by atoms with Gasteiger partial charge in [-0.2, -0.15) is 0 Å². The van der Waals surface area contributed by atoms with Crippen molar-refractivity contribution in [2.75, 3.05) is 12.4 Å². The Labute approximate surface area is 159 Å². The molecule has 0 radical (unpaired) electrons. The third kappa shape index (κ3) is 4.87. The summed E-state index contributed by atoms with van der Waals surface area (Å²) in [5.74, 6) is -0.505. The Morgan fingerprint density at radius 3 is 2.44 bits per heavy atom. The van der Waals surface area contributed by atoms with Crippen LogP contribution in [0.3, 0.4) is 0 Å². The topological polar surface area (TPSA) is 87.7 Å². The fourth-order valence-corrected chi connectivity index (χ4v) is 2.84. The molecule has 0 unspecified atom stereocenters. The number of urea groups is 1. The van der Waals surface area contributed by atoms with Crippen LogP contribution in [0.5, 0.6) is 0 Å². The lowest BCUT2D eigenvalue weighted by Gasteiger charge is -2.33. The van der Waals surface area contributed by atoms with Gasteiger partial charge in [0.15, 0.2) is 0 Å². The number of carbonyl (C=O) groups excluding carboxylic acids is 3. The van der Waals surface area contributed by atoms with Gasteiger partial charge in [-0.05, 0) is 44.9 Å². The van der Waals surface area contributed by atoms with E-state index >= 15 is 0 Å². The van der Waals surface area contributed by atoms with Crippen LogP contribution < -0.4 is 10.6 Å². The van der Waals surface area contributed by atoms with Gasteiger partial charge in [-0.3, -0.25) is 4.79 Å². The second kappa shape index (κ2) is 8.70. The average Bonchev–Trinajstić information content (AvgIpc) is 2.59. The predicted octanol–water partition coefficient (Wildman–Crippen LogP) is 3.35. The zero-order chi connectivity index (χ0) is 20.1. The Bertz CT molecular complexity index is 753. The van der Waals surface area contributed by atoms with E-state index in [0.717, 1.165) is 12.0 Å². The third-order valence-electron chi connectivity index (χ3n) is 4.32. The molecule has 0 fully saturated rings. The molecule has 1 aliphatic rings. The van der Waals surface area contributed by atoms with Gasteiger partial charge in [0.1, 0.15) is 0 Å². The van der Waals surface area contributed by atoms with E-state index in [1.807, 2.05) is 6.92 Å². The van der Waals surface area contributed by atoms with Crippen LogP contribution >= 0.6 is 0 Å². The minimum Gasteiger partial charge on any atom is -0.459 e. The smallest absolute Gasteiger partial charge is 0.338 e. The molecular formula is C20H27N3O4. The molecule has 146 valence electrons. The summed E-state index contributed by atoms with van der Waals surface area (Å²) >= 11 is 0. The Morgan fingerprint density at radius 1 is 1.26 bits per heavy atom. The van der Waals surface area contributed by atoms with Crippen LogP contribution in [0.15, 0.2) is 35.5 Å². The number of esters is 1. The number of rotatable bonds is 6. The predicted molar refractivity (Wildman–Crippen MR) is 103 cm³/mol. The van der Waals surface area contributed by atoms with Crippen molar-refractivity contribution in [2.24, 2.45) is 0 Å². The van der Waals surface area contributed by atoms with Gasteiger partial charge in [0.05, 0.1) is 17.7 Å². The molecule has 0 aromatic heterocycles. The molecule has 0 saturated carbocycles. The van der Waals surface area contributed by atoms with Crippen molar-refractivity contribution in [2.45, 2.75) is 52.7 Å². The molecule has 1 atom stereocenters. The summed E-state index contributed by atoms with van der Waals surface area (Å²) in [7, 11) is 1.61. The van der Waals surface area contributed by atoms with Gasteiger partial charge in [-0.1, -0.05) is 19.1 Å². The normalized spacial score (nSPS) is 17.0. The summed E-state index contributed by atoms with van der Waals surface area (Å²) in [6.07, 6.45) is 0.967. The molecule has 0 spiro atoms. The molecule has 27 heavy (non-hydrogen) atoms. The van der Waals surface area contributed by atoms with Crippen molar-refractivity contribution >= 4 is 23.6 Å². The quantitative estimate of drug-likeness (QED) is 0.749. The van der Waals surface area contributed by atoms with Gasteiger partial charge >= 0.3 is 12.0 Å². The number of amides is 3. The lowest BCUT2D eigenvalue weighted by atomic mass is 9.95. The van der Waals surface area contributed by atoms with Crippen molar-refractivity contribution in [3.63, 3.8) is 0 Å². The Balaban J connectivity index is 2.32. The molecule has 1 aromatic rings. The van der Waals surface area contributed by atoms with Gasteiger partial charge in [-0.15, -0.1) is 0 Å². The summed E-state index contributed by atoms with van der Waals surface area (Å²) in [4.78, 5) is 38.0. The standard InChI is InChI=1S/C20H27N3O4/c1-6-7-16(24)21-15-10-8-14(9-11-15)18-17(19(25)27-12(2)3)13(4)23(5)20(26)22-18/h8-12,18H,6-7H2,1-5H3,(H,21,24)(H,22,26)/t18-/m0/s1. The van der Waals surface area contributed by atoms with Gasteiger partial charge in [0.2, 0.25) is 5.91 Å². The Kier molecular flexibility index (Phi) is 6.60. The minimum absolute atomic E-state index is 0.0465. The number of nitrogens with zero attached hydrogens (tertiary/aromatic N) is 1. The number of nitrogens with one attached hydrogen (secondary N) is 2. The van der Waals surface area contributed by atoms with E-state index in [4.69, 9.17) is 4.74 Å².